The van der Waals surface area contributed by atoms with Gasteiger partial charge in [-0.05, 0) is 35.9 Å². The molecule has 0 aliphatic carbocycles. The minimum Gasteiger partial charge on any atom is -0.465 e. The van der Waals surface area contributed by atoms with E-state index >= 15 is 0 Å². The Kier molecular flexibility index (Phi) is 5.61. The first kappa shape index (κ1) is 18.1. The molecule has 1 aromatic heterocycles. The second kappa shape index (κ2) is 8.09. The molecule has 1 heterocycles. The first-order valence-electron chi connectivity index (χ1n) is 7.62. The highest BCUT2D eigenvalue weighted by Gasteiger charge is 2.10. The third-order valence-electron chi connectivity index (χ3n) is 3.62. The second-order valence-corrected chi connectivity index (χ2v) is 7.11. The fraction of sp³-hybridized carbons (Fsp3) is 0.0500. The number of rotatable bonds is 4. The quantitative estimate of drug-likeness (QED) is 0.414. The van der Waals surface area contributed by atoms with Gasteiger partial charge in [-0.15, -0.1) is 11.3 Å². The Morgan fingerprint density at radius 2 is 2.04 bits per heavy atom. The first-order valence-corrected chi connectivity index (χ1v) is 9.30. The normalized spacial score (nSPS) is 11.0. The van der Waals surface area contributed by atoms with E-state index in [1.807, 2.05) is 29.6 Å². The highest BCUT2D eigenvalue weighted by Crippen LogP contribution is 2.28. The number of carbonyl (C=O) groups excluding carboxylic acids is 1. The lowest BCUT2D eigenvalue weighted by Gasteiger charge is -2.00. The van der Waals surface area contributed by atoms with Gasteiger partial charge in [0, 0.05) is 15.4 Å². The number of aromatic nitrogens is 1. The molecular formula is C20H13BrN2O2S. The average Bonchev–Trinajstić information content (AvgIpc) is 3.16. The van der Waals surface area contributed by atoms with Crippen LogP contribution in [0.5, 0.6) is 0 Å². The maximum absolute atomic E-state index is 11.5. The lowest BCUT2D eigenvalue weighted by Crippen LogP contribution is -2.00. The van der Waals surface area contributed by atoms with E-state index in [1.165, 1.54) is 18.4 Å². The minimum absolute atomic E-state index is 0.389. The zero-order valence-corrected chi connectivity index (χ0v) is 16.2. The molecule has 26 heavy (non-hydrogen) atoms. The Morgan fingerprint density at radius 3 is 2.69 bits per heavy atom. The molecule has 6 heteroatoms. The third kappa shape index (κ3) is 4.07. The molecule has 0 fully saturated rings. The van der Waals surface area contributed by atoms with Crippen LogP contribution in [0.2, 0.25) is 0 Å². The van der Waals surface area contributed by atoms with Gasteiger partial charge in [0.2, 0.25) is 0 Å². The van der Waals surface area contributed by atoms with Crippen molar-refractivity contribution in [3.05, 3.63) is 74.5 Å². The van der Waals surface area contributed by atoms with Crippen LogP contribution in [0.15, 0.2) is 58.4 Å². The zero-order chi connectivity index (χ0) is 18.5. The molecule has 4 nitrogen and oxygen atoms in total. The van der Waals surface area contributed by atoms with Crippen LogP contribution < -0.4 is 0 Å². The van der Waals surface area contributed by atoms with Crippen LogP contribution in [0.1, 0.15) is 20.9 Å². The van der Waals surface area contributed by atoms with Crippen LogP contribution in [-0.4, -0.2) is 18.1 Å². The van der Waals surface area contributed by atoms with Crippen molar-refractivity contribution in [2.24, 2.45) is 0 Å². The SMILES string of the molecule is COC(=O)c1ccc(C=C(C#N)c2nc(-c3cccc(Br)c3)cs2)cc1. The Morgan fingerprint density at radius 1 is 1.27 bits per heavy atom. The summed E-state index contributed by atoms with van der Waals surface area (Å²) < 4.78 is 5.66. The van der Waals surface area contributed by atoms with E-state index in [2.05, 4.69) is 31.7 Å². The molecule has 128 valence electrons. The predicted molar refractivity (Wildman–Crippen MR) is 107 cm³/mol. The Balaban J connectivity index is 1.88. The fourth-order valence-corrected chi connectivity index (χ4v) is 3.51. The Hall–Kier alpha value is -2.75. The minimum atomic E-state index is -0.389. The van der Waals surface area contributed by atoms with Crippen molar-refractivity contribution in [1.82, 2.24) is 4.98 Å². The van der Waals surface area contributed by atoms with Crippen LogP contribution in [-0.2, 0) is 4.74 Å². The molecule has 3 rings (SSSR count). The number of nitrogens with zero attached hydrogens (tertiary/aromatic N) is 2. The molecule has 0 unspecified atom stereocenters. The zero-order valence-electron chi connectivity index (χ0n) is 13.8. The van der Waals surface area contributed by atoms with Crippen molar-refractivity contribution >= 4 is 44.9 Å². The van der Waals surface area contributed by atoms with Gasteiger partial charge in [0.25, 0.3) is 0 Å². The molecule has 0 radical (unpaired) electrons. The molecular weight excluding hydrogens is 412 g/mol. The van der Waals surface area contributed by atoms with Gasteiger partial charge in [0.1, 0.15) is 11.1 Å². The summed E-state index contributed by atoms with van der Waals surface area (Å²) in [7, 11) is 1.34. The predicted octanol–water partition coefficient (Wildman–Crippen LogP) is 5.42. The first-order chi connectivity index (χ1) is 12.6. The van der Waals surface area contributed by atoms with Crippen LogP contribution >= 0.6 is 27.3 Å². The number of allylic oxidation sites excluding steroid dienone is 1. The molecule has 0 spiro atoms. The van der Waals surface area contributed by atoms with E-state index in [-0.39, 0.29) is 5.97 Å². The second-order valence-electron chi connectivity index (χ2n) is 5.33. The van der Waals surface area contributed by atoms with Gasteiger partial charge in [0.05, 0.1) is 23.9 Å². The van der Waals surface area contributed by atoms with Gasteiger partial charge in [0.15, 0.2) is 0 Å². The number of carbonyl (C=O) groups is 1. The lowest BCUT2D eigenvalue weighted by atomic mass is 10.1. The number of halogens is 1. The highest BCUT2D eigenvalue weighted by atomic mass is 79.9. The average molecular weight is 425 g/mol. The van der Waals surface area contributed by atoms with Crippen LogP contribution in [0.4, 0.5) is 0 Å². The lowest BCUT2D eigenvalue weighted by molar-refractivity contribution is 0.0600. The number of nitriles is 1. The number of methoxy groups -OCH3 is 1. The van der Waals surface area contributed by atoms with Crippen LogP contribution in [0.25, 0.3) is 22.9 Å². The number of hydrogen-bond donors (Lipinski definition) is 0. The van der Waals surface area contributed by atoms with Gasteiger partial charge >= 0.3 is 5.97 Å². The molecule has 0 saturated heterocycles. The molecule has 0 saturated carbocycles. The number of ether oxygens (including phenoxy) is 1. The highest BCUT2D eigenvalue weighted by molar-refractivity contribution is 9.10. The van der Waals surface area contributed by atoms with Crippen molar-refractivity contribution in [3.8, 4) is 17.3 Å². The van der Waals surface area contributed by atoms with E-state index < -0.39 is 0 Å². The van der Waals surface area contributed by atoms with Crippen molar-refractivity contribution in [2.45, 2.75) is 0 Å². The molecule has 3 aromatic rings. The van der Waals surface area contributed by atoms with Gasteiger partial charge in [-0.2, -0.15) is 5.26 Å². The number of hydrogen-bond acceptors (Lipinski definition) is 5. The summed E-state index contributed by atoms with van der Waals surface area (Å²) in [4.78, 5) is 16.1. The summed E-state index contributed by atoms with van der Waals surface area (Å²) in [5, 5.41) is 12.1. The van der Waals surface area contributed by atoms with E-state index in [4.69, 9.17) is 0 Å². The molecule has 0 N–H and O–H groups in total. The summed E-state index contributed by atoms with van der Waals surface area (Å²) >= 11 is 4.88. The largest absolute Gasteiger partial charge is 0.465 e. The summed E-state index contributed by atoms with van der Waals surface area (Å²) in [6, 6.07) is 16.9. The number of thiazole rings is 1. The van der Waals surface area contributed by atoms with Crippen molar-refractivity contribution in [3.63, 3.8) is 0 Å². The maximum Gasteiger partial charge on any atom is 0.337 e. The molecule has 0 bridgehead atoms. The fourth-order valence-electron chi connectivity index (χ4n) is 2.32. The summed E-state index contributed by atoms with van der Waals surface area (Å²) in [5.41, 5.74) is 3.57. The van der Waals surface area contributed by atoms with Crippen LogP contribution in [0.3, 0.4) is 0 Å². The van der Waals surface area contributed by atoms with E-state index in [0.717, 1.165) is 21.3 Å². The summed E-state index contributed by atoms with van der Waals surface area (Å²) in [6.45, 7) is 0. The van der Waals surface area contributed by atoms with Crippen molar-refractivity contribution in [2.75, 3.05) is 7.11 Å². The Labute approximate surface area is 163 Å². The van der Waals surface area contributed by atoms with Gasteiger partial charge in [-0.25, -0.2) is 9.78 Å². The topological polar surface area (TPSA) is 63.0 Å². The molecule has 0 aliphatic rings. The smallest absolute Gasteiger partial charge is 0.337 e. The summed E-state index contributed by atoms with van der Waals surface area (Å²) in [5.74, 6) is -0.389. The Bertz CT molecular complexity index is 1020. The van der Waals surface area contributed by atoms with Gasteiger partial charge in [-0.3, -0.25) is 0 Å². The van der Waals surface area contributed by atoms with E-state index in [1.54, 1.807) is 30.3 Å². The van der Waals surface area contributed by atoms with Gasteiger partial charge < -0.3 is 4.74 Å². The van der Waals surface area contributed by atoms with Gasteiger partial charge in [-0.1, -0.05) is 40.2 Å². The van der Waals surface area contributed by atoms with Crippen LogP contribution in [0, 0.1) is 11.3 Å². The van der Waals surface area contributed by atoms with E-state index in [0.29, 0.717) is 16.1 Å². The molecule has 0 atom stereocenters. The monoisotopic (exact) mass is 424 g/mol. The van der Waals surface area contributed by atoms with Crippen molar-refractivity contribution in [1.29, 1.82) is 5.26 Å². The molecule has 0 amide bonds. The number of benzene rings is 2. The third-order valence-corrected chi connectivity index (χ3v) is 4.99. The molecule has 0 aliphatic heterocycles. The standard InChI is InChI=1S/C20H13BrN2O2S/c1-25-20(24)14-7-5-13(6-8-14)9-16(11-22)19-23-18(12-26-19)15-3-2-4-17(21)10-15/h2-10,12H,1H3. The molecule has 2 aromatic carbocycles. The van der Waals surface area contributed by atoms with Crippen molar-refractivity contribution < 1.29 is 9.53 Å². The maximum atomic E-state index is 11.5. The number of esters is 1. The summed E-state index contributed by atoms with van der Waals surface area (Å²) in [6.07, 6.45) is 1.75. The van der Waals surface area contributed by atoms with E-state index in [9.17, 15) is 10.1 Å².